The highest BCUT2D eigenvalue weighted by atomic mass is 15.3. The molecular formula is C18H15N5. The lowest BCUT2D eigenvalue weighted by atomic mass is 10.0. The summed E-state index contributed by atoms with van der Waals surface area (Å²) in [6, 6.07) is 7.98. The first-order valence-corrected chi connectivity index (χ1v) is 7.41. The fraction of sp³-hybridized carbons (Fsp3) is 0.111. The van der Waals surface area contributed by atoms with Crippen LogP contribution in [-0.2, 0) is 0 Å². The van der Waals surface area contributed by atoms with Crippen LogP contribution in [0.5, 0.6) is 0 Å². The lowest BCUT2D eigenvalue weighted by Gasteiger charge is -2.07. The van der Waals surface area contributed by atoms with Crippen molar-refractivity contribution in [3.63, 3.8) is 0 Å². The van der Waals surface area contributed by atoms with Gasteiger partial charge < -0.3 is 0 Å². The summed E-state index contributed by atoms with van der Waals surface area (Å²) in [4.78, 5) is 13.2. The largest absolute Gasteiger partial charge is 0.264 e. The van der Waals surface area contributed by atoms with Crippen molar-refractivity contribution >= 4 is 11.0 Å². The molecule has 0 aliphatic carbocycles. The van der Waals surface area contributed by atoms with Gasteiger partial charge in [-0.25, -0.2) is 9.97 Å². The molecule has 0 aromatic carbocycles. The quantitative estimate of drug-likeness (QED) is 0.568. The average Bonchev–Trinajstić information content (AvgIpc) is 3.00. The number of nitrogens with zero attached hydrogens (tertiary/aromatic N) is 5. The highest BCUT2D eigenvalue weighted by Gasteiger charge is 2.13. The number of aromatic nitrogens is 5. The van der Waals surface area contributed by atoms with Crippen LogP contribution >= 0.6 is 0 Å². The number of hydrogen-bond donors (Lipinski definition) is 0. The summed E-state index contributed by atoms with van der Waals surface area (Å²) >= 11 is 0. The minimum atomic E-state index is 0.762. The Labute approximate surface area is 133 Å². The van der Waals surface area contributed by atoms with E-state index in [2.05, 4.69) is 27.0 Å². The smallest absolute Gasteiger partial charge is 0.165 e. The fourth-order valence-corrected chi connectivity index (χ4v) is 2.66. The predicted octanol–water partition coefficient (Wildman–Crippen LogP) is 3.49. The van der Waals surface area contributed by atoms with E-state index < -0.39 is 0 Å². The van der Waals surface area contributed by atoms with E-state index in [1.807, 2.05) is 49.8 Å². The third-order valence-electron chi connectivity index (χ3n) is 3.91. The summed E-state index contributed by atoms with van der Waals surface area (Å²) in [6.07, 6.45) is 9.16. The van der Waals surface area contributed by atoms with Crippen molar-refractivity contribution in [2.75, 3.05) is 0 Å². The van der Waals surface area contributed by atoms with Crippen molar-refractivity contribution in [2.45, 2.75) is 13.8 Å². The van der Waals surface area contributed by atoms with Gasteiger partial charge in [-0.3, -0.25) is 4.98 Å². The molecule has 4 aromatic rings. The second kappa shape index (κ2) is 5.28. The van der Waals surface area contributed by atoms with Crippen LogP contribution in [0.3, 0.4) is 0 Å². The van der Waals surface area contributed by atoms with Gasteiger partial charge in [0.2, 0.25) is 0 Å². The van der Waals surface area contributed by atoms with E-state index in [9.17, 15) is 0 Å². The van der Waals surface area contributed by atoms with E-state index >= 15 is 0 Å². The van der Waals surface area contributed by atoms with Gasteiger partial charge in [0.05, 0.1) is 6.20 Å². The second-order valence-electron chi connectivity index (χ2n) is 5.54. The van der Waals surface area contributed by atoms with E-state index in [0.29, 0.717) is 0 Å². The molecule has 0 bridgehead atoms. The fourth-order valence-electron chi connectivity index (χ4n) is 2.66. The SMILES string of the molecule is Cc1ccc(-n2ncc3c(-c4cnccc4C)ccnc32)nc1. The van der Waals surface area contributed by atoms with Crippen molar-refractivity contribution in [3.05, 3.63) is 66.4 Å². The summed E-state index contributed by atoms with van der Waals surface area (Å²) in [6.45, 7) is 4.09. The summed E-state index contributed by atoms with van der Waals surface area (Å²) in [5.74, 6) is 0.762. The molecule has 0 aliphatic rings. The number of hydrogen-bond acceptors (Lipinski definition) is 4. The molecule has 4 aromatic heterocycles. The zero-order chi connectivity index (χ0) is 15.8. The maximum absolute atomic E-state index is 4.50. The summed E-state index contributed by atoms with van der Waals surface area (Å²) in [5.41, 5.74) is 5.26. The van der Waals surface area contributed by atoms with Gasteiger partial charge in [-0.1, -0.05) is 6.07 Å². The Bertz CT molecular complexity index is 986. The van der Waals surface area contributed by atoms with Crippen molar-refractivity contribution in [3.8, 4) is 16.9 Å². The number of rotatable bonds is 2. The van der Waals surface area contributed by atoms with Crippen LogP contribution in [0.4, 0.5) is 0 Å². The molecule has 0 N–H and O–H groups in total. The van der Waals surface area contributed by atoms with Gasteiger partial charge in [0.15, 0.2) is 11.5 Å². The molecule has 0 saturated carbocycles. The first-order chi connectivity index (χ1) is 11.2. The lowest BCUT2D eigenvalue weighted by Crippen LogP contribution is -2.00. The van der Waals surface area contributed by atoms with Crippen LogP contribution < -0.4 is 0 Å². The van der Waals surface area contributed by atoms with E-state index in [1.54, 1.807) is 17.1 Å². The van der Waals surface area contributed by atoms with Crippen molar-refractivity contribution < 1.29 is 0 Å². The van der Waals surface area contributed by atoms with Crippen LogP contribution in [0.25, 0.3) is 28.0 Å². The molecule has 0 atom stereocenters. The highest BCUT2D eigenvalue weighted by Crippen LogP contribution is 2.29. The molecule has 0 saturated heterocycles. The minimum absolute atomic E-state index is 0.762. The molecule has 0 amide bonds. The molecule has 4 heterocycles. The lowest BCUT2D eigenvalue weighted by molar-refractivity contribution is 0.861. The molecule has 0 aliphatic heterocycles. The van der Waals surface area contributed by atoms with Crippen LogP contribution in [-0.4, -0.2) is 24.7 Å². The standard InChI is InChI=1S/C18H15N5/c1-12-3-4-17(21-9-12)23-18-16(11-22-23)14(6-8-20-18)15-10-19-7-5-13(15)2/h3-11H,1-2H3. The molecule has 5 nitrogen and oxygen atoms in total. The second-order valence-corrected chi connectivity index (χ2v) is 5.54. The van der Waals surface area contributed by atoms with Gasteiger partial charge in [0.25, 0.3) is 0 Å². The van der Waals surface area contributed by atoms with Crippen LogP contribution in [0, 0.1) is 13.8 Å². The maximum Gasteiger partial charge on any atom is 0.165 e. The van der Waals surface area contributed by atoms with Gasteiger partial charge in [-0.15, -0.1) is 0 Å². The molecule has 0 radical (unpaired) electrons. The third-order valence-corrected chi connectivity index (χ3v) is 3.91. The number of fused-ring (bicyclic) bond motifs is 1. The third kappa shape index (κ3) is 2.26. The van der Waals surface area contributed by atoms with Gasteiger partial charge in [-0.05, 0) is 48.7 Å². The summed E-state index contributed by atoms with van der Waals surface area (Å²) in [5, 5.41) is 5.47. The molecule has 0 unspecified atom stereocenters. The molecular weight excluding hydrogens is 286 g/mol. The van der Waals surface area contributed by atoms with Crippen LogP contribution in [0.2, 0.25) is 0 Å². The van der Waals surface area contributed by atoms with Crippen LogP contribution in [0.15, 0.2) is 55.2 Å². The molecule has 4 rings (SSSR count). The molecule has 5 heteroatoms. The van der Waals surface area contributed by atoms with Crippen molar-refractivity contribution in [1.29, 1.82) is 0 Å². The zero-order valence-corrected chi connectivity index (χ0v) is 12.9. The monoisotopic (exact) mass is 301 g/mol. The van der Waals surface area contributed by atoms with E-state index in [4.69, 9.17) is 0 Å². The molecule has 0 spiro atoms. The Morgan fingerprint density at radius 2 is 1.74 bits per heavy atom. The number of aryl methyl sites for hydroxylation is 2. The summed E-state index contributed by atoms with van der Waals surface area (Å²) < 4.78 is 1.77. The van der Waals surface area contributed by atoms with Gasteiger partial charge in [0.1, 0.15) is 0 Å². The van der Waals surface area contributed by atoms with Crippen LogP contribution in [0.1, 0.15) is 11.1 Å². The van der Waals surface area contributed by atoms with Gasteiger partial charge in [-0.2, -0.15) is 9.78 Å². The molecule has 23 heavy (non-hydrogen) atoms. The maximum atomic E-state index is 4.50. The Hall–Kier alpha value is -3.08. The summed E-state index contributed by atoms with van der Waals surface area (Å²) in [7, 11) is 0. The topological polar surface area (TPSA) is 56.5 Å². The Morgan fingerprint density at radius 3 is 2.52 bits per heavy atom. The normalized spacial score (nSPS) is 11.0. The molecule has 0 fully saturated rings. The minimum Gasteiger partial charge on any atom is -0.264 e. The van der Waals surface area contributed by atoms with Gasteiger partial charge in [0, 0.05) is 35.7 Å². The Morgan fingerprint density at radius 1 is 0.826 bits per heavy atom. The predicted molar refractivity (Wildman–Crippen MR) is 89.4 cm³/mol. The first-order valence-electron chi connectivity index (χ1n) is 7.41. The van der Waals surface area contributed by atoms with E-state index in [0.717, 1.165) is 33.5 Å². The average molecular weight is 301 g/mol. The van der Waals surface area contributed by atoms with E-state index in [-0.39, 0.29) is 0 Å². The number of pyridine rings is 3. The Balaban J connectivity index is 1.94. The molecule has 112 valence electrons. The van der Waals surface area contributed by atoms with Crippen molar-refractivity contribution in [1.82, 2.24) is 24.7 Å². The van der Waals surface area contributed by atoms with Gasteiger partial charge >= 0.3 is 0 Å². The van der Waals surface area contributed by atoms with Crippen molar-refractivity contribution in [2.24, 2.45) is 0 Å². The first kappa shape index (κ1) is 13.6. The van der Waals surface area contributed by atoms with E-state index in [1.165, 1.54) is 5.56 Å². The highest BCUT2D eigenvalue weighted by molar-refractivity contribution is 5.93. The zero-order valence-electron chi connectivity index (χ0n) is 12.9. The Kier molecular flexibility index (Phi) is 3.12.